The lowest BCUT2D eigenvalue weighted by molar-refractivity contribution is 0.0908. The van der Waals surface area contributed by atoms with Crippen LogP contribution in [0.5, 0.6) is 0 Å². The van der Waals surface area contributed by atoms with Gasteiger partial charge < -0.3 is 15.6 Å². The van der Waals surface area contributed by atoms with Crippen molar-refractivity contribution in [2.24, 2.45) is 5.73 Å². The van der Waals surface area contributed by atoms with Crippen molar-refractivity contribution in [3.63, 3.8) is 0 Å². The maximum absolute atomic E-state index is 12.3. The van der Waals surface area contributed by atoms with Gasteiger partial charge in [-0.2, -0.15) is 0 Å². The zero-order valence-electron chi connectivity index (χ0n) is 12.9. The van der Waals surface area contributed by atoms with Gasteiger partial charge in [-0.3, -0.25) is 9.59 Å². The zero-order chi connectivity index (χ0) is 16.2. The van der Waals surface area contributed by atoms with Crippen LogP contribution in [0.4, 0.5) is 0 Å². The maximum atomic E-state index is 12.3. The lowest BCUT2D eigenvalue weighted by Crippen LogP contribution is -2.43. The molecule has 2 aromatic rings. The van der Waals surface area contributed by atoms with E-state index in [0.29, 0.717) is 24.6 Å². The number of nitrogens with two attached hydrogens (primary N) is 1. The fraction of sp³-hybridized carbons (Fsp3) is 0.333. The Morgan fingerprint density at radius 1 is 1.17 bits per heavy atom. The van der Waals surface area contributed by atoms with Gasteiger partial charge in [0.25, 0.3) is 11.5 Å². The number of benzene rings is 1. The third-order valence-corrected chi connectivity index (χ3v) is 4.36. The van der Waals surface area contributed by atoms with E-state index in [0.717, 1.165) is 12.8 Å². The average molecular weight is 311 g/mol. The van der Waals surface area contributed by atoms with Gasteiger partial charge in [0.05, 0.1) is 5.56 Å². The molecule has 1 fully saturated rings. The minimum atomic E-state index is -0.139. The van der Waals surface area contributed by atoms with E-state index in [9.17, 15) is 9.59 Å². The minimum Gasteiger partial charge on any atom is -0.349 e. The highest BCUT2D eigenvalue weighted by Crippen LogP contribution is 2.36. The number of pyridine rings is 1. The number of amides is 1. The number of carbonyl (C=O) groups is 1. The van der Waals surface area contributed by atoms with Gasteiger partial charge in [0.15, 0.2) is 0 Å². The van der Waals surface area contributed by atoms with Gasteiger partial charge in [-0.1, -0.05) is 30.3 Å². The zero-order valence-corrected chi connectivity index (χ0v) is 12.9. The number of carbonyl (C=O) groups excluding carboxylic acids is 1. The Hall–Kier alpha value is -2.40. The molecule has 1 aromatic carbocycles. The Morgan fingerprint density at radius 3 is 2.61 bits per heavy atom. The van der Waals surface area contributed by atoms with Crippen molar-refractivity contribution in [3.8, 4) is 0 Å². The van der Waals surface area contributed by atoms with Crippen molar-refractivity contribution in [2.75, 3.05) is 6.54 Å². The molecule has 23 heavy (non-hydrogen) atoms. The Bertz CT molecular complexity index is 733. The summed E-state index contributed by atoms with van der Waals surface area (Å²) in [5, 5.41) is 3.04. The number of nitrogens with zero attached hydrogens (tertiary/aromatic N) is 1. The van der Waals surface area contributed by atoms with Crippen LogP contribution in [0.2, 0.25) is 0 Å². The summed E-state index contributed by atoms with van der Waals surface area (Å²) >= 11 is 0. The Kier molecular flexibility index (Phi) is 4.57. The molecule has 1 heterocycles. The topological polar surface area (TPSA) is 77.1 Å². The molecule has 1 aliphatic rings. The van der Waals surface area contributed by atoms with Gasteiger partial charge in [-0.25, -0.2) is 0 Å². The van der Waals surface area contributed by atoms with Gasteiger partial charge in [0, 0.05) is 31.4 Å². The normalized spacial score (nSPS) is 19.9. The molecule has 5 heteroatoms. The van der Waals surface area contributed by atoms with Crippen LogP contribution in [0.3, 0.4) is 0 Å². The van der Waals surface area contributed by atoms with Crippen LogP contribution in [0.25, 0.3) is 0 Å². The van der Waals surface area contributed by atoms with E-state index in [2.05, 4.69) is 17.4 Å². The van der Waals surface area contributed by atoms with Gasteiger partial charge in [0.2, 0.25) is 0 Å². The second kappa shape index (κ2) is 6.79. The monoisotopic (exact) mass is 311 g/mol. The predicted molar refractivity (Wildman–Crippen MR) is 89.4 cm³/mol. The largest absolute Gasteiger partial charge is 0.349 e. The highest BCUT2D eigenvalue weighted by molar-refractivity contribution is 5.94. The molecule has 0 saturated heterocycles. The smallest absolute Gasteiger partial charge is 0.252 e. The summed E-state index contributed by atoms with van der Waals surface area (Å²) in [4.78, 5) is 24.0. The molecule has 120 valence electrons. The molecule has 1 aromatic heterocycles. The van der Waals surface area contributed by atoms with E-state index in [1.54, 1.807) is 12.3 Å². The molecule has 3 rings (SSSR count). The van der Waals surface area contributed by atoms with Crippen molar-refractivity contribution >= 4 is 5.91 Å². The first kappa shape index (κ1) is 15.5. The van der Waals surface area contributed by atoms with Crippen molar-refractivity contribution in [1.29, 1.82) is 0 Å². The fourth-order valence-corrected chi connectivity index (χ4v) is 2.98. The number of aromatic nitrogens is 1. The van der Waals surface area contributed by atoms with Crippen molar-refractivity contribution in [1.82, 2.24) is 9.88 Å². The number of hydrogen-bond acceptors (Lipinski definition) is 3. The molecule has 3 N–H and O–H groups in total. The SMILES string of the molecule is NCCn1cc(C(=O)NC2CC(c3ccccc3)C2)ccc1=O. The number of rotatable bonds is 5. The molecule has 0 unspecified atom stereocenters. The number of hydrogen-bond donors (Lipinski definition) is 2. The van der Waals surface area contributed by atoms with Crippen molar-refractivity contribution in [2.45, 2.75) is 31.3 Å². The van der Waals surface area contributed by atoms with E-state index >= 15 is 0 Å². The van der Waals surface area contributed by atoms with E-state index in [1.165, 1.54) is 16.2 Å². The van der Waals surface area contributed by atoms with Gasteiger partial charge in [-0.05, 0) is 30.4 Å². The molecule has 0 spiro atoms. The van der Waals surface area contributed by atoms with Crippen LogP contribution in [0.15, 0.2) is 53.5 Å². The molecule has 1 amide bonds. The quantitative estimate of drug-likeness (QED) is 0.878. The highest BCUT2D eigenvalue weighted by atomic mass is 16.2. The van der Waals surface area contributed by atoms with Crippen molar-refractivity contribution < 1.29 is 4.79 Å². The first-order chi connectivity index (χ1) is 11.2. The molecular weight excluding hydrogens is 290 g/mol. The Balaban J connectivity index is 1.59. The Morgan fingerprint density at radius 2 is 1.91 bits per heavy atom. The lowest BCUT2D eigenvalue weighted by atomic mass is 9.76. The lowest BCUT2D eigenvalue weighted by Gasteiger charge is -2.36. The Labute approximate surface area is 135 Å². The summed E-state index contributed by atoms with van der Waals surface area (Å²) in [5.74, 6) is 0.389. The van der Waals surface area contributed by atoms with Crippen LogP contribution >= 0.6 is 0 Å². The second-order valence-electron chi connectivity index (χ2n) is 5.99. The molecule has 1 saturated carbocycles. The van der Waals surface area contributed by atoms with Gasteiger partial charge in [-0.15, -0.1) is 0 Å². The molecular formula is C18H21N3O2. The average Bonchev–Trinajstić information content (AvgIpc) is 2.53. The van der Waals surface area contributed by atoms with E-state index < -0.39 is 0 Å². The van der Waals surface area contributed by atoms with Crippen LogP contribution in [0.1, 0.15) is 34.7 Å². The van der Waals surface area contributed by atoms with Crippen molar-refractivity contribution in [3.05, 3.63) is 70.1 Å². The third kappa shape index (κ3) is 3.51. The molecule has 0 aliphatic heterocycles. The second-order valence-corrected chi connectivity index (χ2v) is 5.99. The predicted octanol–water partition coefficient (Wildman–Crippen LogP) is 1.48. The first-order valence-corrected chi connectivity index (χ1v) is 7.93. The van der Waals surface area contributed by atoms with E-state index in [-0.39, 0.29) is 17.5 Å². The van der Waals surface area contributed by atoms with Gasteiger partial charge in [0.1, 0.15) is 0 Å². The summed E-state index contributed by atoms with van der Waals surface area (Å²) in [6, 6.07) is 13.5. The first-order valence-electron chi connectivity index (χ1n) is 7.93. The molecule has 5 nitrogen and oxygen atoms in total. The standard InChI is InChI=1S/C18H21N3O2/c19-8-9-21-12-14(6-7-17(21)22)18(23)20-16-10-15(11-16)13-4-2-1-3-5-13/h1-7,12,15-16H,8-11,19H2,(H,20,23). The third-order valence-electron chi connectivity index (χ3n) is 4.36. The molecule has 0 atom stereocenters. The number of nitrogens with one attached hydrogen (secondary N) is 1. The summed E-state index contributed by atoms with van der Waals surface area (Å²) in [6.07, 6.45) is 3.49. The summed E-state index contributed by atoms with van der Waals surface area (Å²) in [5.41, 5.74) is 7.17. The highest BCUT2D eigenvalue weighted by Gasteiger charge is 2.31. The van der Waals surface area contributed by atoms with Crippen LogP contribution in [0, 0.1) is 0 Å². The van der Waals surface area contributed by atoms with E-state index in [4.69, 9.17) is 5.73 Å². The maximum Gasteiger partial charge on any atom is 0.252 e. The van der Waals surface area contributed by atoms with Crippen LogP contribution in [-0.2, 0) is 6.54 Å². The van der Waals surface area contributed by atoms with E-state index in [1.807, 2.05) is 18.2 Å². The van der Waals surface area contributed by atoms with Crippen LogP contribution < -0.4 is 16.6 Å². The summed E-state index contributed by atoms with van der Waals surface area (Å²) < 4.78 is 1.47. The molecule has 0 radical (unpaired) electrons. The summed E-state index contributed by atoms with van der Waals surface area (Å²) in [7, 11) is 0. The van der Waals surface area contributed by atoms with Crippen LogP contribution in [-0.4, -0.2) is 23.1 Å². The molecule has 1 aliphatic carbocycles. The van der Waals surface area contributed by atoms with Gasteiger partial charge >= 0.3 is 0 Å². The molecule has 0 bridgehead atoms. The summed E-state index contributed by atoms with van der Waals surface area (Å²) in [6.45, 7) is 0.784. The fourth-order valence-electron chi connectivity index (χ4n) is 2.98. The minimum absolute atomic E-state index is 0.132.